The number of carbonyl (C=O) groups is 1. The van der Waals surface area contributed by atoms with Gasteiger partial charge < -0.3 is 5.11 Å². The van der Waals surface area contributed by atoms with Crippen LogP contribution in [0.1, 0.15) is 20.9 Å². The van der Waals surface area contributed by atoms with Gasteiger partial charge >= 0.3 is 5.97 Å². The van der Waals surface area contributed by atoms with Crippen LogP contribution in [0.4, 0.5) is 0 Å². The van der Waals surface area contributed by atoms with E-state index in [-0.39, 0.29) is 16.3 Å². The average molecular weight is 315 g/mol. The molecule has 108 valence electrons. The largest absolute Gasteiger partial charge is 0.477 e. The second kappa shape index (κ2) is 5.35. The first-order chi connectivity index (χ1) is 9.31. The SMILES string of the molecule is Cc1csc(C(=O)O)c1S(=O)(=O)NCc1ccn(C)n1. The molecule has 2 rings (SSSR count). The number of nitrogens with zero attached hydrogens (tertiary/aromatic N) is 2. The number of thiophene rings is 1. The molecule has 20 heavy (non-hydrogen) atoms. The Labute approximate surface area is 119 Å². The zero-order valence-electron chi connectivity index (χ0n) is 10.8. The first kappa shape index (κ1) is 14.7. The minimum atomic E-state index is -3.88. The van der Waals surface area contributed by atoms with Crippen molar-refractivity contribution in [1.82, 2.24) is 14.5 Å². The molecule has 0 aliphatic rings. The van der Waals surface area contributed by atoms with Gasteiger partial charge in [0.2, 0.25) is 10.0 Å². The van der Waals surface area contributed by atoms with Gasteiger partial charge in [-0.25, -0.2) is 17.9 Å². The smallest absolute Gasteiger partial charge is 0.347 e. The predicted molar refractivity (Wildman–Crippen MR) is 73.2 cm³/mol. The number of rotatable bonds is 5. The Morgan fingerprint density at radius 2 is 2.25 bits per heavy atom. The molecule has 0 saturated carbocycles. The van der Waals surface area contributed by atoms with E-state index in [1.54, 1.807) is 30.9 Å². The summed E-state index contributed by atoms with van der Waals surface area (Å²) in [5, 5.41) is 14.6. The number of nitrogens with one attached hydrogen (secondary N) is 1. The molecule has 0 saturated heterocycles. The van der Waals surface area contributed by atoms with Crippen LogP contribution in [0.15, 0.2) is 22.5 Å². The van der Waals surface area contributed by atoms with E-state index in [0.717, 1.165) is 11.3 Å². The van der Waals surface area contributed by atoms with E-state index in [2.05, 4.69) is 9.82 Å². The van der Waals surface area contributed by atoms with Gasteiger partial charge in [-0.05, 0) is 23.9 Å². The molecule has 0 atom stereocenters. The second-order valence-corrected chi connectivity index (χ2v) is 6.77. The fourth-order valence-corrected chi connectivity index (χ4v) is 4.34. The molecule has 2 N–H and O–H groups in total. The van der Waals surface area contributed by atoms with Crippen molar-refractivity contribution in [2.45, 2.75) is 18.4 Å². The lowest BCUT2D eigenvalue weighted by atomic mass is 10.3. The van der Waals surface area contributed by atoms with Crippen LogP contribution in [-0.4, -0.2) is 29.3 Å². The summed E-state index contributed by atoms with van der Waals surface area (Å²) in [6.07, 6.45) is 1.70. The van der Waals surface area contributed by atoms with E-state index in [1.165, 1.54) is 5.38 Å². The van der Waals surface area contributed by atoms with Crippen molar-refractivity contribution in [2.24, 2.45) is 7.05 Å². The van der Waals surface area contributed by atoms with E-state index in [1.807, 2.05) is 0 Å². The highest BCUT2D eigenvalue weighted by atomic mass is 32.2. The van der Waals surface area contributed by atoms with Crippen molar-refractivity contribution in [1.29, 1.82) is 0 Å². The fraction of sp³-hybridized carbons (Fsp3) is 0.273. The number of carboxylic acids is 1. The molecule has 0 bridgehead atoms. The summed E-state index contributed by atoms with van der Waals surface area (Å²) in [7, 11) is -2.16. The number of aromatic nitrogens is 2. The molecule has 0 fully saturated rings. The summed E-state index contributed by atoms with van der Waals surface area (Å²) in [4.78, 5) is 10.7. The Morgan fingerprint density at radius 1 is 1.55 bits per heavy atom. The monoisotopic (exact) mass is 315 g/mol. The molecule has 2 aromatic heterocycles. The van der Waals surface area contributed by atoms with Crippen molar-refractivity contribution in [2.75, 3.05) is 0 Å². The van der Waals surface area contributed by atoms with Gasteiger partial charge in [0.25, 0.3) is 0 Å². The summed E-state index contributed by atoms with van der Waals surface area (Å²) in [5.74, 6) is -1.25. The Balaban J connectivity index is 2.27. The zero-order chi connectivity index (χ0) is 14.9. The molecule has 2 heterocycles. The van der Waals surface area contributed by atoms with Crippen LogP contribution in [0, 0.1) is 6.92 Å². The van der Waals surface area contributed by atoms with Crippen LogP contribution in [0.5, 0.6) is 0 Å². The molecule has 9 heteroatoms. The maximum Gasteiger partial charge on any atom is 0.347 e. The maximum atomic E-state index is 12.2. The Hall–Kier alpha value is -1.71. The molecule has 0 aromatic carbocycles. The number of aromatic carboxylic acids is 1. The first-order valence-corrected chi connectivity index (χ1v) is 7.97. The van der Waals surface area contributed by atoms with Gasteiger partial charge in [-0.3, -0.25) is 4.68 Å². The van der Waals surface area contributed by atoms with Gasteiger partial charge in [0.1, 0.15) is 9.77 Å². The molecular formula is C11H13N3O4S2. The average Bonchev–Trinajstić information content (AvgIpc) is 2.93. The third-order valence-corrected chi connectivity index (χ3v) is 5.40. The van der Waals surface area contributed by atoms with Crippen molar-refractivity contribution >= 4 is 27.3 Å². The quantitative estimate of drug-likeness (QED) is 0.856. The van der Waals surface area contributed by atoms with E-state index >= 15 is 0 Å². The minimum Gasteiger partial charge on any atom is -0.477 e. The Bertz CT molecular complexity index is 746. The zero-order valence-corrected chi connectivity index (χ0v) is 12.5. The lowest BCUT2D eigenvalue weighted by molar-refractivity contribution is 0.0698. The number of hydrogen-bond acceptors (Lipinski definition) is 5. The summed E-state index contributed by atoms with van der Waals surface area (Å²) in [5.41, 5.74) is 0.974. The second-order valence-electron chi connectivity index (χ2n) is 4.19. The predicted octanol–water partition coefficient (Wildman–Crippen LogP) is 0.967. The summed E-state index contributed by atoms with van der Waals surface area (Å²) in [6, 6.07) is 1.68. The van der Waals surface area contributed by atoms with Crippen molar-refractivity contribution in [3.05, 3.63) is 33.8 Å². The van der Waals surface area contributed by atoms with Crippen molar-refractivity contribution in [3.63, 3.8) is 0 Å². The lowest BCUT2D eigenvalue weighted by Gasteiger charge is -2.06. The lowest BCUT2D eigenvalue weighted by Crippen LogP contribution is -2.25. The van der Waals surface area contributed by atoms with E-state index < -0.39 is 16.0 Å². The molecule has 0 aliphatic carbocycles. The number of carboxylic acid groups (broad SMARTS) is 1. The Morgan fingerprint density at radius 3 is 2.80 bits per heavy atom. The summed E-state index contributed by atoms with van der Waals surface area (Å²) < 4.78 is 28.4. The number of sulfonamides is 1. The van der Waals surface area contributed by atoms with Gasteiger partial charge in [0.05, 0.1) is 12.2 Å². The standard InChI is InChI=1S/C11H13N3O4S2/c1-7-6-19-9(11(15)16)10(7)20(17,18)12-5-8-3-4-14(2)13-8/h3-4,6,12H,5H2,1-2H3,(H,15,16). The van der Waals surface area contributed by atoms with Gasteiger partial charge in [0.15, 0.2) is 0 Å². The van der Waals surface area contributed by atoms with Crippen LogP contribution in [0.2, 0.25) is 0 Å². The minimum absolute atomic E-state index is 0.0114. The third kappa shape index (κ3) is 2.89. The van der Waals surface area contributed by atoms with Gasteiger partial charge in [-0.15, -0.1) is 11.3 Å². The summed E-state index contributed by atoms with van der Waals surface area (Å²) >= 11 is 0.898. The van der Waals surface area contributed by atoms with Crippen molar-refractivity contribution < 1.29 is 18.3 Å². The van der Waals surface area contributed by atoms with E-state index in [0.29, 0.717) is 11.3 Å². The van der Waals surface area contributed by atoms with Gasteiger partial charge in [0, 0.05) is 13.2 Å². The van der Waals surface area contributed by atoms with E-state index in [4.69, 9.17) is 5.11 Å². The molecular weight excluding hydrogens is 302 g/mol. The highest BCUT2D eigenvalue weighted by molar-refractivity contribution is 7.89. The topological polar surface area (TPSA) is 101 Å². The van der Waals surface area contributed by atoms with Crippen molar-refractivity contribution in [3.8, 4) is 0 Å². The first-order valence-electron chi connectivity index (χ1n) is 5.61. The molecule has 0 unspecified atom stereocenters. The number of aryl methyl sites for hydroxylation is 2. The van der Waals surface area contributed by atoms with Crippen LogP contribution in [0.3, 0.4) is 0 Å². The highest BCUT2D eigenvalue weighted by Gasteiger charge is 2.26. The number of hydrogen-bond donors (Lipinski definition) is 2. The van der Waals surface area contributed by atoms with Crippen LogP contribution >= 0.6 is 11.3 Å². The fourth-order valence-electron chi connectivity index (χ4n) is 1.71. The van der Waals surface area contributed by atoms with E-state index in [9.17, 15) is 13.2 Å². The molecule has 0 radical (unpaired) electrons. The molecule has 7 nitrogen and oxygen atoms in total. The normalized spacial score (nSPS) is 11.7. The van der Waals surface area contributed by atoms with Crippen LogP contribution in [-0.2, 0) is 23.6 Å². The molecule has 0 amide bonds. The van der Waals surface area contributed by atoms with Gasteiger partial charge in [-0.1, -0.05) is 0 Å². The summed E-state index contributed by atoms with van der Waals surface area (Å²) in [6.45, 7) is 1.58. The van der Waals surface area contributed by atoms with Crippen LogP contribution in [0.25, 0.3) is 0 Å². The van der Waals surface area contributed by atoms with Crippen LogP contribution < -0.4 is 4.72 Å². The third-order valence-electron chi connectivity index (χ3n) is 2.59. The molecule has 0 spiro atoms. The van der Waals surface area contributed by atoms with Gasteiger partial charge in [-0.2, -0.15) is 5.10 Å². The Kier molecular flexibility index (Phi) is 3.93. The maximum absolute atomic E-state index is 12.2. The molecule has 0 aliphatic heterocycles. The highest BCUT2D eigenvalue weighted by Crippen LogP contribution is 2.26. The molecule has 2 aromatic rings.